The normalized spacial score (nSPS) is 17.0. The van der Waals surface area contributed by atoms with Crippen molar-refractivity contribution in [1.82, 2.24) is 24.5 Å². The van der Waals surface area contributed by atoms with Gasteiger partial charge in [-0.25, -0.2) is 24.3 Å². The van der Waals surface area contributed by atoms with E-state index in [1.807, 2.05) is 35.6 Å². The lowest BCUT2D eigenvalue weighted by Crippen LogP contribution is -2.32. The molecule has 4 heterocycles. The molecule has 25 heavy (non-hydrogen) atoms. The number of anilines is 1. The van der Waals surface area contributed by atoms with Gasteiger partial charge in [-0.05, 0) is 6.07 Å². The molecule has 0 aromatic carbocycles. The topological polar surface area (TPSA) is 69.0 Å². The summed E-state index contributed by atoms with van der Waals surface area (Å²) in [6.07, 6.45) is 7.72. The van der Waals surface area contributed by atoms with E-state index < -0.39 is 5.82 Å². The van der Waals surface area contributed by atoms with Crippen molar-refractivity contribution in [2.75, 3.05) is 18.1 Å². The Morgan fingerprint density at radius 3 is 2.80 bits per heavy atom. The first-order valence-electron chi connectivity index (χ1n) is 8.03. The number of ether oxygens (including phenoxy) is 1. The van der Waals surface area contributed by atoms with Gasteiger partial charge >= 0.3 is 0 Å². The predicted molar refractivity (Wildman–Crippen MR) is 88.5 cm³/mol. The Morgan fingerprint density at radius 1 is 1.12 bits per heavy atom. The molecule has 0 amide bonds. The molecule has 0 bridgehead atoms. The molecule has 3 aromatic rings. The van der Waals surface area contributed by atoms with Crippen LogP contribution in [0.3, 0.4) is 0 Å². The number of hydrogen-bond donors (Lipinski definition) is 0. The second-order valence-corrected chi connectivity index (χ2v) is 5.96. The summed E-state index contributed by atoms with van der Waals surface area (Å²) in [4.78, 5) is 18.7. The maximum absolute atomic E-state index is 13.1. The van der Waals surface area contributed by atoms with Crippen molar-refractivity contribution in [2.45, 2.75) is 13.1 Å². The minimum Gasteiger partial charge on any atom is -0.477 e. The molecular weight excluding hydrogens is 323 g/mol. The summed E-state index contributed by atoms with van der Waals surface area (Å²) < 4.78 is 21.1. The van der Waals surface area contributed by atoms with Crippen molar-refractivity contribution in [1.29, 1.82) is 0 Å². The van der Waals surface area contributed by atoms with Gasteiger partial charge in [0.05, 0.1) is 37.6 Å². The van der Waals surface area contributed by atoms with Crippen LogP contribution in [0.25, 0.3) is 0 Å². The summed E-state index contributed by atoms with van der Waals surface area (Å²) >= 11 is 0. The highest BCUT2D eigenvalue weighted by atomic mass is 19.1. The zero-order valence-electron chi connectivity index (χ0n) is 13.5. The van der Waals surface area contributed by atoms with Gasteiger partial charge in [0.2, 0.25) is 11.8 Å². The van der Waals surface area contributed by atoms with Gasteiger partial charge in [-0.1, -0.05) is 6.07 Å². The van der Waals surface area contributed by atoms with Gasteiger partial charge in [-0.3, -0.25) is 0 Å². The Hall–Kier alpha value is -3.03. The molecule has 4 rings (SSSR count). The van der Waals surface area contributed by atoms with Gasteiger partial charge in [0.25, 0.3) is 0 Å². The molecular formula is C17H17FN6O. The smallest absolute Gasteiger partial charge is 0.225 e. The van der Waals surface area contributed by atoms with E-state index in [2.05, 4.69) is 24.5 Å². The van der Waals surface area contributed by atoms with Crippen LogP contribution in [0, 0.1) is 11.7 Å². The fourth-order valence-electron chi connectivity index (χ4n) is 2.91. The van der Waals surface area contributed by atoms with Crippen molar-refractivity contribution >= 4 is 5.95 Å². The van der Waals surface area contributed by atoms with E-state index in [0.717, 1.165) is 12.2 Å². The van der Waals surface area contributed by atoms with Gasteiger partial charge in [-0.15, -0.1) is 0 Å². The van der Waals surface area contributed by atoms with E-state index in [-0.39, 0.29) is 5.92 Å². The molecule has 8 heteroatoms. The molecule has 3 aromatic heterocycles. The van der Waals surface area contributed by atoms with Crippen LogP contribution in [-0.4, -0.2) is 37.7 Å². The minimum absolute atomic E-state index is 0.186. The lowest BCUT2D eigenvalue weighted by Gasteiger charge is -2.23. The largest absolute Gasteiger partial charge is 0.477 e. The van der Waals surface area contributed by atoms with Crippen molar-refractivity contribution in [2.24, 2.45) is 5.92 Å². The van der Waals surface area contributed by atoms with Gasteiger partial charge in [-0.2, -0.15) is 0 Å². The lowest BCUT2D eigenvalue weighted by atomic mass is 10.1. The average molecular weight is 340 g/mol. The molecule has 0 spiro atoms. The fourth-order valence-corrected chi connectivity index (χ4v) is 2.91. The Morgan fingerprint density at radius 2 is 2.00 bits per heavy atom. The molecule has 1 aliphatic heterocycles. The number of nitrogens with zero attached hydrogens (tertiary/aromatic N) is 6. The van der Waals surface area contributed by atoms with Crippen LogP contribution < -0.4 is 9.64 Å². The number of halogens is 1. The third-order valence-corrected chi connectivity index (χ3v) is 4.08. The summed E-state index contributed by atoms with van der Waals surface area (Å²) in [5.74, 6) is 0.839. The van der Waals surface area contributed by atoms with Crippen LogP contribution in [0.1, 0.15) is 5.69 Å². The molecule has 0 radical (unpaired) electrons. The second kappa shape index (κ2) is 6.84. The van der Waals surface area contributed by atoms with Crippen LogP contribution >= 0.6 is 0 Å². The third-order valence-electron chi connectivity index (χ3n) is 4.08. The van der Waals surface area contributed by atoms with Crippen LogP contribution in [0.2, 0.25) is 0 Å². The third kappa shape index (κ3) is 3.57. The van der Waals surface area contributed by atoms with Crippen LogP contribution in [0.4, 0.5) is 10.3 Å². The molecule has 128 valence electrons. The summed E-state index contributed by atoms with van der Waals surface area (Å²) in [5, 5.41) is 0. The molecule has 0 fully saturated rings. The van der Waals surface area contributed by atoms with Crippen molar-refractivity contribution < 1.29 is 9.13 Å². The maximum Gasteiger partial charge on any atom is 0.225 e. The van der Waals surface area contributed by atoms with Crippen LogP contribution in [-0.2, 0) is 13.1 Å². The van der Waals surface area contributed by atoms with E-state index in [1.54, 1.807) is 6.20 Å². The first-order valence-corrected chi connectivity index (χ1v) is 8.03. The van der Waals surface area contributed by atoms with Gasteiger partial charge < -0.3 is 14.2 Å². The molecule has 1 atom stereocenters. The second-order valence-electron chi connectivity index (χ2n) is 5.96. The standard InChI is InChI=1S/C17H17FN6O/c18-14-5-21-17(22-6-14)23-8-13(9-24-12-19-7-15(24)10-23)11-25-16-3-1-2-4-20-16/h1-7,12-13H,8-11H2/t13-/m1/s1. The highest BCUT2D eigenvalue weighted by Gasteiger charge is 2.24. The van der Waals surface area contributed by atoms with E-state index >= 15 is 0 Å². The summed E-state index contributed by atoms with van der Waals surface area (Å²) in [5.41, 5.74) is 1.06. The first-order chi connectivity index (χ1) is 12.3. The van der Waals surface area contributed by atoms with Crippen LogP contribution in [0.5, 0.6) is 5.88 Å². The number of aromatic nitrogens is 5. The summed E-state index contributed by atoms with van der Waals surface area (Å²) in [7, 11) is 0. The molecule has 7 nitrogen and oxygen atoms in total. The number of imidazole rings is 1. The number of hydrogen-bond acceptors (Lipinski definition) is 6. The zero-order valence-corrected chi connectivity index (χ0v) is 13.5. The highest BCUT2D eigenvalue weighted by molar-refractivity contribution is 5.31. The Labute approximate surface area is 144 Å². The summed E-state index contributed by atoms with van der Waals surface area (Å²) in [6.45, 7) is 2.60. The van der Waals surface area contributed by atoms with E-state index in [0.29, 0.717) is 31.5 Å². The first kappa shape index (κ1) is 15.5. The van der Waals surface area contributed by atoms with Gasteiger partial charge in [0.15, 0.2) is 5.82 Å². The number of fused-ring (bicyclic) bond motifs is 1. The van der Waals surface area contributed by atoms with Crippen LogP contribution in [0.15, 0.2) is 49.3 Å². The highest BCUT2D eigenvalue weighted by Crippen LogP contribution is 2.20. The lowest BCUT2D eigenvalue weighted by molar-refractivity contribution is 0.229. The van der Waals surface area contributed by atoms with Crippen molar-refractivity contribution in [3.8, 4) is 5.88 Å². The molecule has 0 N–H and O–H groups in total. The van der Waals surface area contributed by atoms with Gasteiger partial charge in [0, 0.05) is 37.5 Å². The average Bonchev–Trinajstić information content (AvgIpc) is 2.99. The molecule has 0 saturated carbocycles. The Bertz CT molecular complexity index is 823. The Balaban J connectivity index is 1.53. The summed E-state index contributed by atoms with van der Waals surface area (Å²) in [6, 6.07) is 5.58. The monoisotopic (exact) mass is 340 g/mol. The minimum atomic E-state index is -0.446. The molecule has 1 aliphatic rings. The SMILES string of the molecule is Fc1cnc(N2Cc3cncn3C[C@H](COc3ccccn3)C2)nc1. The van der Waals surface area contributed by atoms with E-state index in [9.17, 15) is 4.39 Å². The molecule has 0 unspecified atom stereocenters. The predicted octanol–water partition coefficient (Wildman–Crippen LogP) is 1.92. The molecule has 0 saturated heterocycles. The van der Waals surface area contributed by atoms with Gasteiger partial charge in [0.1, 0.15) is 0 Å². The quantitative estimate of drug-likeness (QED) is 0.723. The fraction of sp³-hybridized carbons (Fsp3) is 0.294. The maximum atomic E-state index is 13.1. The van der Waals surface area contributed by atoms with E-state index in [4.69, 9.17) is 4.74 Å². The zero-order chi connectivity index (χ0) is 17.1. The molecule has 0 aliphatic carbocycles. The van der Waals surface area contributed by atoms with Crippen molar-refractivity contribution in [3.63, 3.8) is 0 Å². The Kier molecular flexibility index (Phi) is 4.24. The number of pyridine rings is 1. The van der Waals surface area contributed by atoms with E-state index in [1.165, 1.54) is 12.4 Å². The number of rotatable bonds is 4. The van der Waals surface area contributed by atoms with Crippen molar-refractivity contribution in [3.05, 3.63) is 60.8 Å².